The number of hydrogen-bond donors (Lipinski definition) is 2. The SMILES string of the molecule is CC(NC1CCN2CCCCC12)c1ccc(F)cc1O. The second-order valence-electron chi connectivity index (χ2n) is 6.09. The van der Waals surface area contributed by atoms with Crippen molar-refractivity contribution in [2.24, 2.45) is 0 Å². The third kappa shape index (κ3) is 2.67. The zero-order valence-corrected chi connectivity index (χ0v) is 12.0. The van der Waals surface area contributed by atoms with E-state index in [1.807, 2.05) is 6.92 Å². The second kappa shape index (κ2) is 5.70. The van der Waals surface area contributed by atoms with Gasteiger partial charge in [0.25, 0.3) is 0 Å². The van der Waals surface area contributed by atoms with Crippen molar-refractivity contribution in [1.82, 2.24) is 10.2 Å². The van der Waals surface area contributed by atoms with Crippen LogP contribution in [-0.2, 0) is 0 Å². The molecule has 0 aliphatic carbocycles. The number of piperidine rings is 1. The van der Waals surface area contributed by atoms with Gasteiger partial charge in [0, 0.05) is 36.3 Å². The summed E-state index contributed by atoms with van der Waals surface area (Å²) in [6, 6.07) is 5.44. The molecule has 0 aromatic heterocycles. The Balaban J connectivity index is 1.68. The first kappa shape index (κ1) is 13.8. The van der Waals surface area contributed by atoms with Crippen LogP contribution in [0, 0.1) is 5.82 Å². The average molecular weight is 278 g/mol. The Hall–Kier alpha value is -1.13. The van der Waals surface area contributed by atoms with Crippen LogP contribution in [0.15, 0.2) is 18.2 Å². The topological polar surface area (TPSA) is 35.5 Å². The van der Waals surface area contributed by atoms with Gasteiger partial charge in [-0.05, 0) is 38.8 Å². The zero-order valence-electron chi connectivity index (χ0n) is 12.0. The first-order chi connectivity index (χ1) is 9.65. The highest BCUT2D eigenvalue weighted by atomic mass is 19.1. The number of benzene rings is 1. The summed E-state index contributed by atoms with van der Waals surface area (Å²) < 4.78 is 13.1. The lowest BCUT2D eigenvalue weighted by atomic mass is 9.97. The maximum Gasteiger partial charge on any atom is 0.126 e. The number of nitrogens with one attached hydrogen (secondary N) is 1. The quantitative estimate of drug-likeness (QED) is 0.892. The first-order valence-corrected chi connectivity index (χ1v) is 7.63. The van der Waals surface area contributed by atoms with E-state index in [2.05, 4.69) is 10.2 Å². The van der Waals surface area contributed by atoms with Crippen molar-refractivity contribution in [3.05, 3.63) is 29.6 Å². The second-order valence-corrected chi connectivity index (χ2v) is 6.09. The van der Waals surface area contributed by atoms with Gasteiger partial charge in [-0.25, -0.2) is 4.39 Å². The molecule has 2 N–H and O–H groups in total. The largest absolute Gasteiger partial charge is 0.508 e. The molecule has 2 heterocycles. The number of aromatic hydroxyl groups is 1. The predicted octanol–water partition coefficient (Wildman–Crippen LogP) is 2.81. The molecule has 0 saturated carbocycles. The van der Waals surface area contributed by atoms with Crippen LogP contribution in [0.1, 0.15) is 44.2 Å². The van der Waals surface area contributed by atoms with Crippen molar-refractivity contribution < 1.29 is 9.50 Å². The molecule has 0 amide bonds. The van der Waals surface area contributed by atoms with Crippen molar-refractivity contribution >= 4 is 0 Å². The lowest BCUT2D eigenvalue weighted by Crippen LogP contribution is -2.45. The lowest BCUT2D eigenvalue weighted by Gasteiger charge is -2.34. The van der Waals surface area contributed by atoms with Gasteiger partial charge in [0.05, 0.1) is 0 Å². The molecule has 2 aliphatic heterocycles. The summed E-state index contributed by atoms with van der Waals surface area (Å²) >= 11 is 0. The van der Waals surface area contributed by atoms with Crippen LogP contribution >= 0.6 is 0 Å². The number of halogens is 1. The Morgan fingerprint density at radius 2 is 2.15 bits per heavy atom. The molecule has 0 radical (unpaired) electrons. The fourth-order valence-corrected chi connectivity index (χ4v) is 3.74. The maximum atomic E-state index is 13.1. The molecular formula is C16H23FN2O. The minimum atomic E-state index is -0.391. The molecule has 2 aliphatic rings. The van der Waals surface area contributed by atoms with Gasteiger partial charge in [0.2, 0.25) is 0 Å². The molecule has 2 saturated heterocycles. The van der Waals surface area contributed by atoms with Crippen molar-refractivity contribution in [2.75, 3.05) is 13.1 Å². The van der Waals surface area contributed by atoms with Crippen LogP contribution < -0.4 is 5.32 Å². The van der Waals surface area contributed by atoms with E-state index >= 15 is 0 Å². The van der Waals surface area contributed by atoms with E-state index in [9.17, 15) is 9.50 Å². The molecule has 1 aromatic carbocycles. The standard InChI is InChI=1S/C16H23FN2O/c1-11(13-6-5-12(17)10-16(13)20)18-14-7-9-19-8-3-2-4-15(14)19/h5-6,10-11,14-15,18,20H,2-4,7-9H2,1H3. The predicted molar refractivity (Wildman–Crippen MR) is 77.2 cm³/mol. The van der Waals surface area contributed by atoms with Gasteiger partial charge in [0.1, 0.15) is 11.6 Å². The van der Waals surface area contributed by atoms with E-state index in [1.165, 1.54) is 44.5 Å². The summed E-state index contributed by atoms with van der Waals surface area (Å²) in [5, 5.41) is 13.5. The van der Waals surface area contributed by atoms with Crippen molar-refractivity contribution in [3.8, 4) is 5.75 Å². The van der Waals surface area contributed by atoms with E-state index in [0.717, 1.165) is 12.0 Å². The molecule has 3 rings (SSSR count). The van der Waals surface area contributed by atoms with Crippen LogP contribution in [0.3, 0.4) is 0 Å². The monoisotopic (exact) mass is 278 g/mol. The van der Waals surface area contributed by atoms with Gasteiger partial charge in [-0.3, -0.25) is 4.90 Å². The minimum absolute atomic E-state index is 0.0440. The van der Waals surface area contributed by atoms with E-state index < -0.39 is 5.82 Å². The first-order valence-electron chi connectivity index (χ1n) is 7.63. The van der Waals surface area contributed by atoms with E-state index in [0.29, 0.717) is 12.1 Å². The number of nitrogens with zero attached hydrogens (tertiary/aromatic N) is 1. The van der Waals surface area contributed by atoms with Gasteiger partial charge in [-0.2, -0.15) is 0 Å². The number of phenols is 1. The third-order valence-corrected chi connectivity index (χ3v) is 4.78. The Bertz CT molecular complexity index is 480. The van der Waals surface area contributed by atoms with Crippen molar-refractivity contribution in [3.63, 3.8) is 0 Å². The summed E-state index contributed by atoms with van der Waals surface area (Å²) in [7, 11) is 0. The normalized spacial score (nSPS) is 28.3. The van der Waals surface area contributed by atoms with Crippen molar-refractivity contribution in [1.29, 1.82) is 0 Å². The summed E-state index contributed by atoms with van der Waals surface area (Å²) in [5.74, 6) is -0.346. The summed E-state index contributed by atoms with van der Waals surface area (Å²) in [4.78, 5) is 2.58. The van der Waals surface area contributed by atoms with E-state index in [4.69, 9.17) is 0 Å². The summed E-state index contributed by atoms with van der Waals surface area (Å²) in [5.41, 5.74) is 0.778. The molecule has 110 valence electrons. The molecule has 3 atom stereocenters. The zero-order chi connectivity index (χ0) is 14.1. The van der Waals surface area contributed by atoms with Crippen molar-refractivity contribution in [2.45, 2.75) is 50.7 Å². The molecule has 2 fully saturated rings. The Morgan fingerprint density at radius 1 is 1.30 bits per heavy atom. The smallest absolute Gasteiger partial charge is 0.126 e. The molecule has 4 heteroatoms. The summed E-state index contributed by atoms with van der Waals surface area (Å²) in [6.45, 7) is 4.43. The molecular weight excluding hydrogens is 255 g/mol. The number of hydrogen-bond acceptors (Lipinski definition) is 3. The van der Waals surface area contributed by atoms with Gasteiger partial charge in [0.15, 0.2) is 0 Å². The number of phenolic OH excluding ortho intramolecular Hbond substituents is 1. The van der Waals surface area contributed by atoms with Crippen LogP contribution in [0.25, 0.3) is 0 Å². The highest BCUT2D eigenvalue weighted by molar-refractivity contribution is 5.35. The summed E-state index contributed by atoms with van der Waals surface area (Å²) in [6.07, 6.45) is 5.06. The number of rotatable bonds is 3. The fraction of sp³-hybridized carbons (Fsp3) is 0.625. The Kier molecular flexibility index (Phi) is 3.94. The Morgan fingerprint density at radius 3 is 2.95 bits per heavy atom. The molecule has 3 nitrogen and oxygen atoms in total. The van der Waals surface area contributed by atoms with Gasteiger partial charge < -0.3 is 10.4 Å². The highest BCUT2D eigenvalue weighted by Gasteiger charge is 2.36. The molecule has 20 heavy (non-hydrogen) atoms. The van der Waals surface area contributed by atoms with Gasteiger partial charge in [-0.15, -0.1) is 0 Å². The molecule has 0 spiro atoms. The average Bonchev–Trinajstić information content (AvgIpc) is 2.82. The highest BCUT2D eigenvalue weighted by Crippen LogP contribution is 2.30. The number of fused-ring (bicyclic) bond motifs is 1. The Labute approximate surface area is 119 Å². The van der Waals surface area contributed by atoms with Crippen LogP contribution in [-0.4, -0.2) is 35.2 Å². The van der Waals surface area contributed by atoms with E-state index in [1.54, 1.807) is 6.07 Å². The van der Waals surface area contributed by atoms with Gasteiger partial charge >= 0.3 is 0 Å². The fourth-order valence-electron chi connectivity index (χ4n) is 3.74. The van der Waals surface area contributed by atoms with E-state index in [-0.39, 0.29) is 11.8 Å². The molecule has 0 bridgehead atoms. The van der Waals surface area contributed by atoms with Gasteiger partial charge in [-0.1, -0.05) is 12.5 Å². The van der Waals surface area contributed by atoms with Crippen LogP contribution in [0.2, 0.25) is 0 Å². The minimum Gasteiger partial charge on any atom is -0.508 e. The van der Waals surface area contributed by atoms with Crippen LogP contribution in [0.5, 0.6) is 5.75 Å². The lowest BCUT2D eigenvalue weighted by molar-refractivity contribution is 0.177. The van der Waals surface area contributed by atoms with Crippen LogP contribution in [0.4, 0.5) is 4.39 Å². The molecule has 1 aromatic rings. The third-order valence-electron chi connectivity index (χ3n) is 4.78. The molecule has 3 unspecified atom stereocenters. The maximum absolute atomic E-state index is 13.1.